The number of nitrogens with zero attached hydrogens (tertiary/aromatic N) is 5. The predicted octanol–water partition coefficient (Wildman–Crippen LogP) is 4.17. The van der Waals surface area contributed by atoms with Crippen molar-refractivity contribution in [2.75, 3.05) is 14.1 Å². The van der Waals surface area contributed by atoms with Crippen LogP contribution in [0.2, 0.25) is 0 Å². The van der Waals surface area contributed by atoms with Crippen LogP contribution in [0.5, 0.6) is 5.75 Å². The highest BCUT2D eigenvalue weighted by molar-refractivity contribution is 5.99. The zero-order chi connectivity index (χ0) is 20.7. The minimum absolute atomic E-state index is 0.419. The van der Waals surface area contributed by atoms with Crippen molar-refractivity contribution in [3.63, 3.8) is 0 Å². The minimum Gasteiger partial charge on any atom is -0.410 e. The number of benzene rings is 1. The maximum absolute atomic E-state index is 11.9. The van der Waals surface area contributed by atoms with E-state index in [0.29, 0.717) is 5.75 Å². The van der Waals surface area contributed by atoms with Gasteiger partial charge in [0, 0.05) is 55.7 Å². The molecule has 1 aromatic carbocycles. The van der Waals surface area contributed by atoms with Gasteiger partial charge < -0.3 is 9.64 Å². The Morgan fingerprint density at radius 2 is 2.00 bits per heavy atom. The van der Waals surface area contributed by atoms with E-state index in [9.17, 15) is 4.79 Å². The molecule has 5 rings (SSSR count). The molecule has 1 amide bonds. The maximum Gasteiger partial charge on any atom is 0.414 e. The Kier molecular flexibility index (Phi) is 4.43. The molecule has 0 atom stereocenters. The van der Waals surface area contributed by atoms with Gasteiger partial charge in [0.15, 0.2) is 0 Å². The van der Waals surface area contributed by atoms with Crippen molar-refractivity contribution in [2.45, 2.75) is 19.4 Å². The van der Waals surface area contributed by atoms with Crippen LogP contribution in [-0.4, -0.2) is 44.8 Å². The van der Waals surface area contributed by atoms with E-state index in [1.54, 1.807) is 38.6 Å². The van der Waals surface area contributed by atoms with Crippen LogP contribution in [0.4, 0.5) is 4.79 Å². The quantitative estimate of drug-likeness (QED) is 0.517. The number of aryl methyl sites for hydroxylation is 1. The molecule has 1 aliphatic heterocycles. The molecule has 0 saturated heterocycles. The third kappa shape index (κ3) is 3.08. The van der Waals surface area contributed by atoms with Gasteiger partial charge in [-0.15, -0.1) is 0 Å². The molecule has 0 aliphatic carbocycles. The second-order valence-corrected chi connectivity index (χ2v) is 7.51. The Labute approximate surface area is 173 Å². The number of pyridine rings is 2. The van der Waals surface area contributed by atoms with Gasteiger partial charge in [-0.1, -0.05) is 6.07 Å². The Morgan fingerprint density at radius 3 is 2.80 bits per heavy atom. The van der Waals surface area contributed by atoms with Crippen molar-refractivity contribution >= 4 is 17.0 Å². The van der Waals surface area contributed by atoms with E-state index in [1.807, 2.05) is 30.3 Å². The molecule has 0 spiro atoms. The minimum atomic E-state index is -0.419. The molecule has 0 fully saturated rings. The van der Waals surface area contributed by atoms with E-state index in [1.165, 1.54) is 10.6 Å². The summed E-state index contributed by atoms with van der Waals surface area (Å²) in [6.07, 6.45) is 5.23. The van der Waals surface area contributed by atoms with Crippen molar-refractivity contribution in [1.29, 1.82) is 0 Å². The average Bonchev–Trinajstić information content (AvgIpc) is 3.35. The third-order valence-corrected chi connectivity index (χ3v) is 5.30. The molecule has 0 bridgehead atoms. The lowest BCUT2D eigenvalue weighted by Gasteiger charge is -2.12. The molecule has 3 aromatic heterocycles. The van der Waals surface area contributed by atoms with Crippen molar-refractivity contribution in [3.8, 4) is 28.3 Å². The summed E-state index contributed by atoms with van der Waals surface area (Å²) in [6, 6.07) is 13.5. The molecule has 7 heteroatoms. The third-order valence-electron chi connectivity index (χ3n) is 5.30. The van der Waals surface area contributed by atoms with E-state index in [0.717, 1.165) is 52.8 Å². The van der Waals surface area contributed by atoms with Gasteiger partial charge >= 0.3 is 6.09 Å². The maximum atomic E-state index is 11.9. The summed E-state index contributed by atoms with van der Waals surface area (Å²) in [5, 5.41) is 5.87. The predicted molar refractivity (Wildman–Crippen MR) is 114 cm³/mol. The molecule has 7 nitrogen and oxygen atoms in total. The summed E-state index contributed by atoms with van der Waals surface area (Å²) in [7, 11) is 3.30. The normalized spacial score (nSPS) is 12.7. The van der Waals surface area contributed by atoms with Crippen LogP contribution in [0.1, 0.15) is 12.1 Å². The highest BCUT2D eigenvalue weighted by Crippen LogP contribution is 2.40. The number of hydrogen-bond acceptors (Lipinski definition) is 5. The lowest BCUT2D eigenvalue weighted by Crippen LogP contribution is -2.25. The number of ether oxygens (including phenoxy) is 1. The zero-order valence-corrected chi connectivity index (χ0v) is 16.9. The van der Waals surface area contributed by atoms with Gasteiger partial charge in [0.25, 0.3) is 0 Å². The molecule has 0 N–H and O–H groups in total. The lowest BCUT2D eigenvalue weighted by molar-refractivity contribution is 0.172. The van der Waals surface area contributed by atoms with Gasteiger partial charge in [-0.05, 0) is 48.7 Å². The fourth-order valence-corrected chi connectivity index (χ4v) is 3.90. The van der Waals surface area contributed by atoms with Gasteiger partial charge in [-0.25, -0.2) is 4.79 Å². The van der Waals surface area contributed by atoms with Crippen LogP contribution in [0.15, 0.2) is 54.9 Å². The van der Waals surface area contributed by atoms with Crippen LogP contribution in [0.25, 0.3) is 33.4 Å². The molecular formula is C23H21N5O2. The van der Waals surface area contributed by atoms with Crippen LogP contribution < -0.4 is 4.74 Å². The van der Waals surface area contributed by atoms with Crippen LogP contribution in [0.3, 0.4) is 0 Å². The Bertz CT molecular complexity index is 1250. The number of amides is 1. The summed E-state index contributed by atoms with van der Waals surface area (Å²) in [6.45, 7) is 0.919. The first-order valence-electron chi connectivity index (χ1n) is 9.91. The first kappa shape index (κ1) is 18.3. The van der Waals surface area contributed by atoms with Crippen molar-refractivity contribution in [3.05, 3.63) is 60.6 Å². The van der Waals surface area contributed by atoms with Crippen molar-refractivity contribution < 1.29 is 9.53 Å². The second-order valence-electron chi connectivity index (χ2n) is 7.51. The number of carbonyl (C=O) groups is 1. The summed E-state index contributed by atoms with van der Waals surface area (Å²) >= 11 is 0. The topological polar surface area (TPSA) is 73.1 Å². The standard InChI is InChI=1S/C23H21N5O2/c1-27(2)23(29)30-15-8-9-16-17(10-12-25-19(16)14-15)21-20-7-5-13-28(20)26-22(21)18-6-3-4-11-24-18/h3-4,6,8-12,14H,5,7,13H2,1-2H3. The van der Waals surface area contributed by atoms with Crippen LogP contribution in [0, 0.1) is 0 Å². The average molecular weight is 399 g/mol. The first-order chi connectivity index (χ1) is 14.6. The monoisotopic (exact) mass is 399 g/mol. The molecule has 1 aliphatic rings. The van der Waals surface area contributed by atoms with Crippen LogP contribution in [-0.2, 0) is 13.0 Å². The van der Waals surface area contributed by atoms with Gasteiger partial charge in [-0.3, -0.25) is 14.6 Å². The lowest BCUT2D eigenvalue weighted by atomic mass is 9.96. The molecular weight excluding hydrogens is 378 g/mol. The molecule has 0 radical (unpaired) electrons. The Hall–Kier alpha value is -3.74. The Morgan fingerprint density at radius 1 is 1.10 bits per heavy atom. The van der Waals surface area contributed by atoms with E-state index < -0.39 is 6.09 Å². The fraction of sp³-hybridized carbons (Fsp3) is 0.217. The molecule has 4 heterocycles. The fourth-order valence-electron chi connectivity index (χ4n) is 3.90. The smallest absolute Gasteiger partial charge is 0.410 e. The van der Waals surface area contributed by atoms with Gasteiger partial charge in [0.2, 0.25) is 0 Å². The van der Waals surface area contributed by atoms with E-state index in [-0.39, 0.29) is 0 Å². The zero-order valence-electron chi connectivity index (χ0n) is 16.9. The van der Waals surface area contributed by atoms with Crippen LogP contribution >= 0.6 is 0 Å². The van der Waals surface area contributed by atoms with E-state index >= 15 is 0 Å². The summed E-state index contributed by atoms with van der Waals surface area (Å²) in [5.74, 6) is 0.469. The van der Waals surface area contributed by atoms with E-state index in [4.69, 9.17) is 9.84 Å². The molecule has 4 aromatic rings. The summed E-state index contributed by atoms with van der Waals surface area (Å²) < 4.78 is 7.50. The van der Waals surface area contributed by atoms with Gasteiger partial charge in [0.1, 0.15) is 11.4 Å². The summed E-state index contributed by atoms with van der Waals surface area (Å²) in [4.78, 5) is 22.3. The van der Waals surface area contributed by atoms with Crippen molar-refractivity contribution in [2.24, 2.45) is 0 Å². The molecule has 0 unspecified atom stereocenters. The van der Waals surface area contributed by atoms with E-state index in [2.05, 4.69) is 14.6 Å². The number of aromatic nitrogens is 4. The second kappa shape index (κ2) is 7.26. The molecule has 150 valence electrons. The van der Waals surface area contributed by atoms with Gasteiger partial charge in [0.05, 0.1) is 11.2 Å². The number of rotatable bonds is 3. The SMILES string of the molecule is CN(C)C(=O)Oc1ccc2c(-c3c(-c4ccccn4)nn4c3CCC4)ccnc2c1. The van der Waals surface area contributed by atoms with Gasteiger partial charge in [-0.2, -0.15) is 5.10 Å². The molecule has 0 saturated carbocycles. The highest BCUT2D eigenvalue weighted by atomic mass is 16.6. The first-order valence-corrected chi connectivity index (χ1v) is 9.91. The number of carbonyl (C=O) groups excluding carboxylic acids is 1. The summed E-state index contributed by atoms with van der Waals surface area (Å²) in [5.41, 5.74) is 5.91. The molecule has 30 heavy (non-hydrogen) atoms. The number of hydrogen-bond donors (Lipinski definition) is 0. The number of fused-ring (bicyclic) bond motifs is 2. The largest absolute Gasteiger partial charge is 0.414 e. The highest BCUT2D eigenvalue weighted by Gasteiger charge is 2.25. The van der Waals surface area contributed by atoms with Crippen molar-refractivity contribution in [1.82, 2.24) is 24.6 Å². The Balaban J connectivity index is 1.66.